The van der Waals surface area contributed by atoms with Crippen LogP contribution in [0.3, 0.4) is 0 Å². The third kappa shape index (κ3) is 4.79. The van der Waals surface area contributed by atoms with E-state index < -0.39 is 53.8 Å². The van der Waals surface area contributed by atoms with Gasteiger partial charge in [0, 0.05) is 11.6 Å². The Kier molecular flexibility index (Phi) is 7.19. The molecule has 0 bridgehead atoms. The summed E-state index contributed by atoms with van der Waals surface area (Å²) in [5.41, 5.74) is -1.32. The quantitative estimate of drug-likeness (QED) is 0.403. The third-order valence-corrected chi connectivity index (χ3v) is 6.31. The predicted octanol–water partition coefficient (Wildman–Crippen LogP) is 0.805. The summed E-state index contributed by atoms with van der Waals surface area (Å²) in [7, 11) is 1.34. The van der Waals surface area contributed by atoms with Gasteiger partial charge in [0.25, 0.3) is 0 Å². The van der Waals surface area contributed by atoms with Crippen LogP contribution in [0.1, 0.15) is 11.7 Å². The van der Waals surface area contributed by atoms with E-state index in [1.807, 2.05) is 6.07 Å². The maximum Gasteiger partial charge on any atom is 0.204 e. The Morgan fingerprint density at radius 3 is 2.49 bits per heavy atom. The Morgan fingerprint density at radius 2 is 1.86 bits per heavy atom. The number of rotatable bonds is 6. The molecule has 184 valence electrons. The maximum absolute atomic E-state index is 13.6. The molecule has 0 saturated carbocycles. The topological polar surface area (TPSA) is 159 Å². The molecule has 1 aliphatic rings. The second-order valence-corrected chi connectivity index (χ2v) is 8.48. The minimum absolute atomic E-state index is 0.0488. The van der Waals surface area contributed by atoms with Gasteiger partial charge in [-0.1, -0.05) is 17.0 Å². The summed E-state index contributed by atoms with van der Waals surface area (Å²) in [6.45, 7) is -0.611. The first-order valence-corrected chi connectivity index (χ1v) is 10.8. The van der Waals surface area contributed by atoms with E-state index in [9.17, 15) is 28.5 Å². The van der Waals surface area contributed by atoms with Crippen molar-refractivity contribution < 1.29 is 38.0 Å². The molecule has 0 aliphatic carbocycles. The third-order valence-electron chi connectivity index (χ3n) is 5.24. The Bertz CT molecular complexity index is 1250. The van der Waals surface area contributed by atoms with E-state index in [2.05, 4.69) is 20.5 Å². The SMILES string of the molecule is COc1cc(SC2OC(CO)C(O)C(n3cc(-c4cc(F)c(F)c(F)c4)nn3)C2O)nnc1C#N. The van der Waals surface area contributed by atoms with Crippen molar-refractivity contribution in [3.63, 3.8) is 0 Å². The minimum Gasteiger partial charge on any atom is -0.494 e. The molecule has 0 spiro atoms. The fourth-order valence-electron chi connectivity index (χ4n) is 3.50. The largest absolute Gasteiger partial charge is 0.494 e. The summed E-state index contributed by atoms with van der Waals surface area (Å²) < 4.78 is 52.3. The number of nitriles is 1. The number of halogens is 3. The van der Waals surface area contributed by atoms with Crippen LogP contribution < -0.4 is 4.74 Å². The van der Waals surface area contributed by atoms with Gasteiger partial charge in [-0.2, -0.15) is 5.26 Å². The van der Waals surface area contributed by atoms with Crippen LogP contribution in [0.2, 0.25) is 0 Å². The van der Waals surface area contributed by atoms with Crippen LogP contribution >= 0.6 is 11.8 Å². The van der Waals surface area contributed by atoms with Gasteiger partial charge in [-0.3, -0.25) is 0 Å². The Hall–Kier alpha value is -3.29. The number of hydrogen-bond donors (Lipinski definition) is 3. The molecule has 35 heavy (non-hydrogen) atoms. The molecule has 3 aromatic rings. The highest BCUT2D eigenvalue weighted by atomic mass is 32.2. The van der Waals surface area contributed by atoms with Gasteiger partial charge in [0.1, 0.15) is 46.6 Å². The van der Waals surface area contributed by atoms with E-state index in [1.165, 1.54) is 19.4 Å². The Balaban J connectivity index is 1.63. The minimum atomic E-state index is -1.63. The molecule has 5 unspecified atom stereocenters. The summed E-state index contributed by atoms with van der Waals surface area (Å²) in [6, 6.07) is 3.49. The number of aromatic nitrogens is 5. The van der Waals surface area contributed by atoms with Gasteiger partial charge >= 0.3 is 0 Å². The van der Waals surface area contributed by atoms with Crippen molar-refractivity contribution in [3.05, 3.63) is 47.5 Å². The number of aliphatic hydroxyl groups excluding tert-OH is 3. The Labute approximate surface area is 199 Å². The van der Waals surface area contributed by atoms with Crippen molar-refractivity contribution in [3.8, 4) is 23.1 Å². The van der Waals surface area contributed by atoms with Gasteiger partial charge in [-0.25, -0.2) is 17.9 Å². The first kappa shape index (κ1) is 24.8. The molecule has 3 heterocycles. The summed E-state index contributed by atoms with van der Waals surface area (Å²) in [5, 5.41) is 55.9. The number of methoxy groups -OCH3 is 1. The number of benzene rings is 1. The molecule has 1 aliphatic heterocycles. The first-order valence-electron chi connectivity index (χ1n) is 9.95. The van der Waals surface area contributed by atoms with Gasteiger partial charge < -0.3 is 24.8 Å². The molecule has 15 heteroatoms. The lowest BCUT2D eigenvalue weighted by Crippen LogP contribution is -2.55. The highest BCUT2D eigenvalue weighted by Gasteiger charge is 2.46. The van der Waals surface area contributed by atoms with Gasteiger partial charge in [0.15, 0.2) is 23.2 Å². The van der Waals surface area contributed by atoms with Crippen LogP contribution in [0.25, 0.3) is 11.3 Å². The molecule has 11 nitrogen and oxygen atoms in total. The van der Waals surface area contributed by atoms with Crippen molar-refractivity contribution in [2.24, 2.45) is 0 Å². The molecule has 4 rings (SSSR count). The second kappa shape index (κ2) is 10.1. The van der Waals surface area contributed by atoms with Crippen molar-refractivity contribution in [1.82, 2.24) is 25.2 Å². The fraction of sp³-hybridized carbons (Fsp3) is 0.350. The van der Waals surface area contributed by atoms with E-state index in [4.69, 9.17) is 14.7 Å². The van der Waals surface area contributed by atoms with Crippen LogP contribution in [0.4, 0.5) is 13.2 Å². The number of aliphatic hydroxyl groups is 3. The standard InChI is InChI=1S/C20H17F3N6O5S/c1-33-13-4-15(27-25-11(13)5-24)35-20-19(32)17(18(31)14(7-30)34-20)29-6-12(26-28-29)8-2-9(21)16(23)10(22)3-8/h2-4,6,14,17-20,30-32H,7H2,1H3. The molecule has 3 N–H and O–H groups in total. The van der Waals surface area contributed by atoms with Gasteiger partial charge in [0.05, 0.1) is 19.9 Å². The molecule has 1 fully saturated rings. The number of hydrogen-bond acceptors (Lipinski definition) is 11. The summed E-state index contributed by atoms with van der Waals surface area (Å²) >= 11 is 0.890. The number of ether oxygens (including phenoxy) is 2. The van der Waals surface area contributed by atoms with E-state index in [0.29, 0.717) is 0 Å². The van der Waals surface area contributed by atoms with Crippen molar-refractivity contribution in [2.45, 2.75) is 34.8 Å². The van der Waals surface area contributed by atoms with Crippen molar-refractivity contribution in [1.29, 1.82) is 5.26 Å². The summed E-state index contributed by atoms with van der Waals surface area (Å²) in [5.74, 6) is -4.33. The molecule has 1 saturated heterocycles. The second-order valence-electron chi connectivity index (χ2n) is 7.36. The number of thioether (sulfide) groups is 1. The zero-order chi connectivity index (χ0) is 25.3. The van der Waals surface area contributed by atoms with E-state index >= 15 is 0 Å². The van der Waals surface area contributed by atoms with Gasteiger partial charge in [0.2, 0.25) is 5.69 Å². The van der Waals surface area contributed by atoms with Crippen LogP contribution in [-0.4, -0.2) is 78.0 Å². The highest BCUT2D eigenvalue weighted by Crippen LogP contribution is 2.38. The summed E-state index contributed by atoms with van der Waals surface area (Å²) in [4.78, 5) is 0. The average molecular weight is 510 g/mol. The normalized spacial score (nSPS) is 24.2. The molecule has 5 atom stereocenters. The van der Waals surface area contributed by atoms with Crippen LogP contribution in [0.15, 0.2) is 29.4 Å². The molecular formula is C20H17F3N6O5S. The van der Waals surface area contributed by atoms with Crippen LogP contribution in [0, 0.1) is 28.8 Å². The smallest absolute Gasteiger partial charge is 0.204 e. The predicted molar refractivity (Wildman–Crippen MR) is 111 cm³/mol. The molecule has 0 radical (unpaired) electrons. The van der Waals surface area contributed by atoms with Crippen molar-refractivity contribution in [2.75, 3.05) is 13.7 Å². The van der Waals surface area contributed by atoms with Crippen molar-refractivity contribution >= 4 is 11.8 Å². The van der Waals surface area contributed by atoms with E-state index in [0.717, 1.165) is 28.6 Å². The fourth-order valence-corrected chi connectivity index (χ4v) is 4.50. The number of nitrogens with zero attached hydrogens (tertiary/aromatic N) is 6. The maximum atomic E-state index is 13.6. The molecule has 2 aromatic heterocycles. The zero-order valence-electron chi connectivity index (χ0n) is 17.8. The molecular weight excluding hydrogens is 493 g/mol. The summed E-state index contributed by atoms with van der Waals surface area (Å²) in [6.07, 6.45) is -2.85. The zero-order valence-corrected chi connectivity index (χ0v) is 18.6. The lowest BCUT2D eigenvalue weighted by molar-refractivity contribution is -0.178. The first-order chi connectivity index (χ1) is 16.8. The van der Waals surface area contributed by atoms with Gasteiger partial charge in [-0.05, 0) is 12.1 Å². The highest BCUT2D eigenvalue weighted by molar-refractivity contribution is 7.99. The molecule has 0 amide bonds. The van der Waals surface area contributed by atoms with Crippen LogP contribution in [0.5, 0.6) is 5.75 Å². The Morgan fingerprint density at radius 1 is 1.14 bits per heavy atom. The molecule has 1 aromatic carbocycles. The van der Waals surface area contributed by atoms with E-state index in [1.54, 1.807) is 0 Å². The van der Waals surface area contributed by atoms with Crippen LogP contribution in [-0.2, 0) is 4.74 Å². The average Bonchev–Trinajstić information content (AvgIpc) is 3.33. The van der Waals surface area contributed by atoms with E-state index in [-0.39, 0.29) is 27.7 Å². The monoisotopic (exact) mass is 510 g/mol. The lowest BCUT2D eigenvalue weighted by atomic mass is 9.97. The van der Waals surface area contributed by atoms with Gasteiger partial charge in [-0.15, -0.1) is 15.3 Å². The lowest BCUT2D eigenvalue weighted by Gasteiger charge is -2.41.